The fourth-order valence-electron chi connectivity index (χ4n) is 2.97. The van der Waals surface area contributed by atoms with Crippen LogP contribution in [0, 0.1) is 0 Å². The lowest BCUT2D eigenvalue weighted by atomic mass is 10.2. The van der Waals surface area contributed by atoms with Crippen LogP contribution >= 0.6 is 0 Å². The summed E-state index contributed by atoms with van der Waals surface area (Å²) in [6.45, 7) is 0.497. The molecule has 2 aromatic carbocycles. The van der Waals surface area contributed by atoms with E-state index in [2.05, 4.69) is 19.9 Å². The van der Waals surface area contributed by atoms with Gasteiger partial charge >= 0.3 is 0 Å². The topological polar surface area (TPSA) is 91.8 Å². The van der Waals surface area contributed by atoms with E-state index in [1.54, 1.807) is 23.1 Å². The molecule has 2 heterocycles. The fourth-order valence-corrected chi connectivity index (χ4v) is 2.97. The normalized spacial score (nSPS) is 10.7. The van der Waals surface area contributed by atoms with Gasteiger partial charge in [-0.1, -0.05) is 42.5 Å². The second-order valence-electron chi connectivity index (χ2n) is 6.27. The summed E-state index contributed by atoms with van der Waals surface area (Å²) in [4.78, 5) is 42.3. The molecule has 0 aliphatic heterocycles. The van der Waals surface area contributed by atoms with Crippen LogP contribution in [0.3, 0.4) is 0 Å². The molecule has 28 heavy (non-hydrogen) atoms. The zero-order valence-corrected chi connectivity index (χ0v) is 14.9. The van der Waals surface area contributed by atoms with Gasteiger partial charge < -0.3 is 9.88 Å². The molecule has 0 spiro atoms. The highest BCUT2D eigenvalue weighted by Gasteiger charge is 2.19. The number of amides is 1. The van der Waals surface area contributed by atoms with Gasteiger partial charge in [0.05, 0.1) is 23.6 Å². The van der Waals surface area contributed by atoms with Crippen molar-refractivity contribution < 1.29 is 4.79 Å². The highest BCUT2D eigenvalue weighted by atomic mass is 16.2. The first-order valence-electron chi connectivity index (χ1n) is 8.78. The van der Waals surface area contributed by atoms with Gasteiger partial charge in [0.15, 0.2) is 0 Å². The Labute approximate surface area is 160 Å². The molecule has 0 aliphatic carbocycles. The number of aromatic amines is 1. The summed E-state index contributed by atoms with van der Waals surface area (Å²) in [7, 11) is 0. The molecule has 0 unspecified atom stereocenters. The van der Waals surface area contributed by atoms with E-state index in [1.807, 2.05) is 36.4 Å². The lowest BCUT2D eigenvalue weighted by Gasteiger charge is -2.22. The van der Waals surface area contributed by atoms with Crippen molar-refractivity contribution in [2.45, 2.75) is 13.1 Å². The van der Waals surface area contributed by atoms with Gasteiger partial charge in [-0.2, -0.15) is 0 Å². The predicted octanol–water partition coefficient (Wildman–Crippen LogP) is 2.56. The van der Waals surface area contributed by atoms with Crippen molar-refractivity contribution in [1.82, 2.24) is 24.8 Å². The van der Waals surface area contributed by atoms with Crippen LogP contribution < -0.4 is 5.56 Å². The Hall–Kier alpha value is -3.87. The van der Waals surface area contributed by atoms with Crippen LogP contribution in [0.4, 0.5) is 0 Å². The molecule has 0 saturated heterocycles. The maximum Gasteiger partial charge on any atom is 0.274 e. The zero-order chi connectivity index (χ0) is 19.3. The maximum atomic E-state index is 13.0. The summed E-state index contributed by atoms with van der Waals surface area (Å²) in [6, 6.07) is 16.7. The molecule has 7 nitrogen and oxygen atoms in total. The van der Waals surface area contributed by atoms with Crippen LogP contribution in [0.2, 0.25) is 0 Å². The van der Waals surface area contributed by atoms with E-state index < -0.39 is 0 Å². The van der Waals surface area contributed by atoms with E-state index in [9.17, 15) is 9.59 Å². The van der Waals surface area contributed by atoms with E-state index in [1.165, 1.54) is 18.6 Å². The Bertz CT molecular complexity index is 1160. The van der Waals surface area contributed by atoms with Crippen molar-refractivity contribution >= 4 is 16.8 Å². The van der Waals surface area contributed by atoms with Crippen LogP contribution in [0.25, 0.3) is 10.9 Å². The molecule has 0 bridgehead atoms. The van der Waals surface area contributed by atoms with Crippen molar-refractivity contribution in [2.75, 3.05) is 0 Å². The SMILES string of the molecule is O=C(c1cnccn1)N(Cc1ccccc1)Cc1nc2ccccc2c(=O)[nH]1. The first-order valence-corrected chi connectivity index (χ1v) is 8.78. The molecular formula is C21H17N5O2. The number of hydrogen-bond acceptors (Lipinski definition) is 5. The third-order valence-electron chi connectivity index (χ3n) is 4.29. The minimum Gasteiger partial charge on any atom is -0.325 e. The van der Waals surface area contributed by atoms with Gasteiger partial charge in [0, 0.05) is 18.9 Å². The first-order chi connectivity index (χ1) is 13.7. The molecule has 0 aliphatic rings. The van der Waals surface area contributed by atoms with E-state index in [0.717, 1.165) is 5.56 Å². The smallest absolute Gasteiger partial charge is 0.274 e. The van der Waals surface area contributed by atoms with Gasteiger partial charge in [0.25, 0.3) is 11.5 Å². The predicted molar refractivity (Wildman–Crippen MR) is 104 cm³/mol. The lowest BCUT2D eigenvalue weighted by Crippen LogP contribution is -2.32. The Morgan fingerprint density at radius 1 is 0.964 bits per heavy atom. The number of nitrogens with zero attached hydrogens (tertiary/aromatic N) is 4. The zero-order valence-electron chi connectivity index (χ0n) is 14.9. The quantitative estimate of drug-likeness (QED) is 0.582. The molecule has 1 N–H and O–H groups in total. The molecule has 0 fully saturated rings. The molecule has 138 valence electrons. The van der Waals surface area contributed by atoms with Crippen molar-refractivity contribution in [1.29, 1.82) is 0 Å². The molecule has 0 saturated carbocycles. The van der Waals surface area contributed by atoms with E-state index >= 15 is 0 Å². The Balaban J connectivity index is 1.69. The van der Waals surface area contributed by atoms with Gasteiger partial charge in [-0.15, -0.1) is 0 Å². The molecule has 0 atom stereocenters. The van der Waals surface area contributed by atoms with Crippen LogP contribution in [0.5, 0.6) is 0 Å². The van der Waals surface area contributed by atoms with Crippen molar-refractivity contribution in [3.8, 4) is 0 Å². The standard InChI is InChI=1S/C21H17N5O2/c27-20-16-8-4-5-9-17(16)24-19(25-20)14-26(13-15-6-2-1-3-7-15)21(28)18-12-22-10-11-23-18/h1-12H,13-14H2,(H,24,25,27). The van der Waals surface area contributed by atoms with Crippen LogP contribution in [0.1, 0.15) is 21.9 Å². The van der Waals surface area contributed by atoms with Crippen molar-refractivity contribution in [3.05, 3.63) is 101 Å². The largest absolute Gasteiger partial charge is 0.325 e. The molecule has 2 aromatic heterocycles. The Morgan fingerprint density at radius 2 is 1.75 bits per heavy atom. The highest BCUT2D eigenvalue weighted by molar-refractivity contribution is 5.91. The number of para-hydroxylation sites is 1. The number of aromatic nitrogens is 4. The average Bonchev–Trinajstić information content (AvgIpc) is 2.74. The number of hydrogen-bond donors (Lipinski definition) is 1. The number of benzene rings is 2. The van der Waals surface area contributed by atoms with Gasteiger partial charge in [0.2, 0.25) is 0 Å². The molecule has 1 amide bonds. The Kier molecular flexibility index (Phi) is 4.88. The van der Waals surface area contributed by atoms with Crippen molar-refractivity contribution in [2.24, 2.45) is 0 Å². The number of carbonyl (C=O) groups is 1. The summed E-state index contributed by atoms with van der Waals surface area (Å²) in [6.07, 6.45) is 4.42. The van der Waals surface area contributed by atoms with E-state index in [-0.39, 0.29) is 23.7 Å². The second-order valence-corrected chi connectivity index (χ2v) is 6.27. The molecule has 7 heteroatoms. The fraction of sp³-hybridized carbons (Fsp3) is 0.0952. The van der Waals surface area contributed by atoms with Gasteiger partial charge in [-0.3, -0.25) is 14.6 Å². The van der Waals surface area contributed by atoms with Gasteiger partial charge in [-0.25, -0.2) is 9.97 Å². The summed E-state index contributed by atoms with van der Waals surface area (Å²) < 4.78 is 0. The summed E-state index contributed by atoms with van der Waals surface area (Å²) in [5, 5.41) is 0.515. The minimum absolute atomic E-state index is 0.143. The number of nitrogens with one attached hydrogen (secondary N) is 1. The van der Waals surface area contributed by atoms with Gasteiger partial charge in [-0.05, 0) is 17.7 Å². The van der Waals surface area contributed by atoms with Crippen LogP contribution in [-0.2, 0) is 13.1 Å². The van der Waals surface area contributed by atoms with E-state index in [4.69, 9.17) is 0 Å². The summed E-state index contributed by atoms with van der Waals surface area (Å²) in [5.74, 6) is 0.129. The monoisotopic (exact) mass is 371 g/mol. The Morgan fingerprint density at radius 3 is 2.54 bits per heavy atom. The average molecular weight is 371 g/mol. The van der Waals surface area contributed by atoms with E-state index in [0.29, 0.717) is 23.3 Å². The summed E-state index contributed by atoms with van der Waals surface area (Å²) in [5.41, 5.74) is 1.56. The minimum atomic E-state index is -0.284. The second kappa shape index (κ2) is 7.79. The third-order valence-corrected chi connectivity index (χ3v) is 4.29. The number of H-pyrrole nitrogens is 1. The number of carbonyl (C=O) groups excluding carboxylic acids is 1. The van der Waals surface area contributed by atoms with Crippen LogP contribution in [0.15, 0.2) is 78.0 Å². The number of rotatable bonds is 5. The maximum absolute atomic E-state index is 13.0. The highest BCUT2D eigenvalue weighted by Crippen LogP contribution is 2.12. The lowest BCUT2D eigenvalue weighted by molar-refractivity contribution is 0.0719. The third kappa shape index (κ3) is 3.78. The van der Waals surface area contributed by atoms with Crippen molar-refractivity contribution in [3.63, 3.8) is 0 Å². The van der Waals surface area contributed by atoms with Crippen LogP contribution in [-0.4, -0.2) is 30.7 Å². The first kappa shape index (κ1) is 17.5. The van der Waals surface area contributed by atoms with Gasteiger partial charge in [0.1, 0.15) is 11.5 Å². The summed E-state index contributed by atoms with van der Waals surface area (Å²) >= 11 is 0. The molecular weight excluding hydrogens is 354 g/mol. The molecule has 4 aromatic rings. The number of fused-ring (bicyclic) bond motifs is 1. The molecule has 4 rings (SSSR count). The molecule has 0 radical (unpaired) electrons.